The van der Waals surface area contributed by atoms with E-state index in [0.717, 1.165) is 22.4 Å². The number of nitrogens with zero attached hydrogens (tertiary/aromatic N) is 1. The van der Waals surface area contributed by atoms with Crippen LogP contribution >= 0.6 is 0 Å². The molecule has 0 aliphatic carbocycles. The Morgan fingerprint density at radius 1 is 1.21 bits per heavy atom. The van der Waals surface area contributed by atoms with E-state index < -0.39 is 0 Å². The first-order chi connectivity index (χ1) is 9.20. The van der Waals surface area contributed by atoms with Gasteiger partial charge in [0.05, 0.1) is 6.07 Å². The zero-order valence-corrected chi connectivity index (χ0v) is 10.7. The minimum Gasteiger partial charge on any atom is -0.325 e. The van der Waals surface area contributed by atoms with Crippen molar-refractivity contribution in [1.29, 1.82) is 5.26 Å². The lowest BCUT2D eigenvalue weighted by molar-refractivity contribution is -0.115. The molecule has 19 heavy (non-hydrogen) atoms. The summed E-state index contributed by atoms with van der Waals surface area (Å²) in [5.41, 5.74) is 3.90. The van der Waals surface area contributed by atoms with Crippen LogP contribution in [0.2, 0.25) is 0 Å². The van der Waals surface area contributed by atoms with Gasteiger partial charge in [0.25, 0.3) is 0 Å². The molecule has 0 fully saturated rings. The van der Waals surface area contributed by atoms with Gasteiger partial charge in [-0.05, 0) is 18.6 Å². The first-order valence-corrected chi connectivity index (χ1v) is 6.03. The van der Waals surface area contributed by atoms with Crippen LogP contribution in [0.1, 0.15) is 12.0 Å². The van der Waals surface area contributed by atoms with Gasteiger partial charge < -0.3 is 5.32 Å². The summed E-state index contributed by atoms with van der Waals surface area (Å²) in [6.07, 6.45) is -0.137. The summed E-state index contributed by atoms with van der Waals surface area (Å²) >= 11 is 0. The van der Waals surface area contributed by atoms with E-state index in [1.54, 1.807) is 0 Å². The van der Waals surface area contributed by atoms with E-state index in [1.807, 2.05) is 55.5 Å². The highest BCUT2D eigenvalue weighted by Gasteiger charge is 2.07. The van der Waals surface area contributed by atoms with Crippen molar-refractivity contribution in [2.45, 2.75) is 13.3 Å². The molecule has 1 amide bonds. The molecule has 0 aliphatic rings. The molecular weight excluding hydrogens is 236 g/mol. The Morgan fingerprint density at radius 2 is 2.00 bits per heavy atom. The van der Waals surface area contributed by atoms with Crippen molar-refractivity contribution in [3.8, 4) is 17.2 Å². The molecule has 94 valence electrons. The van der Waals surface area contributed by atoms with Crippen molar-refractivity contribution in [3.63, 3.8) is 0 Å². The van der Waals surface area contributed by atoms with E-state index in [0.29, 0.717) is 0 Å². The predicted octanol–water partition coefficient (Wildman–Crippen LogP) is 3.51. The number of para-hydroxylation sites is 1. The number of carbonyl (C=O) groups excluding carboxylic acids is 1. The minimum absolute atomic E-state index is 0.137. The predicted molar refractivity (Wildman–Crippen MR) is 75.5 cm³/mol. The van der Waals surface area contributed by atoms with Gasteiger partial charge in [-0.1, -0.05) is 48.0 Å². The molecule has 3 nitrogen and oxygen atoms in total. The minimum atomic E-state index is -0.289. The van der Waals surface area contributed by atoms with Crippen molar-refractivity contribution in [1.82, 2.24) is 0 Å². The molecule has 0 unspecified atom stereocenters. The molecule has 0 aromatic heterocycles. The van der Waals surface area contributed by atoms with Crippen molar-refractivity contribution in [2.24, 2.45) is 0 Å². The van der Waals surface area contributed by atoms with Gasteiger partial charge in [0.1, 0.15) is 6.42 Å². The van der Waals surface area contributed by atoms with Crippen LogP contribution < -0.4 is 5.32 Å². The first kappa shape index (κ1) is 12.8. The second-order valence-electron chi connectivity index (χ2n) is 4.30. The maximum atomic E-state index is 11.5. The van der Waals surface area contributed by atoms with E-state index in [4.69, 9.17) is 5.26 Å². The Labute approximate surface area is 112 Å². The van der Waals surface area contributed by atoms with Gasteiger partial charge in [0.15, 0.2) is 0 Å². The zero-order chi connectivity index (χ0) is 13.7. The third kappa shape index (κ3) is 3.20. The first-order valence-electron chi connectivity index (χ1n) is 6.03. The zero-order valence-electron chi connectivity index (χ0n) is 10.7. The van der Waals surface area contributed by atoms with Gasteiger partial charge in [-0.15, -0.1) is 0 Å². The number of aryl methyl sites for hydroxylation is 1. The van der Waals surface area contributed by atoms with Crippen LogP contribution in [0.5, 0.6) is 0 Å². The number of carbonyl (C=O) groups is 1. The number of nitrogens with one attached hydrogen (secondary N) is 1. The molecule has 2 aromatic carbocycles. The van der Waals surface area contributed by atoms with E-state index in [1.165, 1.54) is 0 Å². The summed E-state index contributed by atoms with van der Waals surface area (Å²) in [4.78, 5) is 11.5. The molecule has 1 N–H and O–H groups in total. The summed E-state index contributed by atoms with van der Waals surface area (Å²) in [6, 6.07) is 17.5. The summed E-state index contributed by atoms with van der Waals surface area (Å²) in [5.74, 6) is -0.289. The van der Waals surface area contributed by atoms with Crippen LogP contribution in [-0.2, 0) is 4.79 Å². The van der Waals surface area contributed by atoms with Gasteiger partial charge in [-0.3, -0.25) is 4.79 Å². The maximum Gasteiger partial charge on any atom is 0.238 e. The fourth-order valence-electron chi connectivity index (χ4n) is 1.92. The molecule has 3 heteroatoms. The van der Waals surface area contributed by atoms with Crippen LogP contribution in [0.15, 0.2) is 48.5 Å². The Bertz CT molecular complexity index is 641. The lowest BCUT2D eigenvalue weighted by Crippen LogP contribution is -2.10. The number of nitriles is 1. The van der Waals surface area contributed by atoms with E-state index in [9.17, 15) is 4.79 Å². The normalized spacial score (nSPS) is 9.68. The Hall–Kier alpha value is -2.60. The summed E-state index contributed by atoms with van der Waals surface area (Å²) in [6.45, 7) is 2.03. The molecule has 0 aliphatic heterocycles. The highest BCUT2D eigenvalue weighted by atomic mass is 16.1. The molecule has 0 atom stereocenters. The van der Waals surface area contributed by atoms with Crippen molar-refractivity contribution < 1.29 is 4.79 Å². The molecule has 0 radical (unpaired) electrons. The lowest BCUT2D eigenvalue weighted by atomic mass is 10.0. The number of hydrogen-bond acceptors (Lipinski definition) is 2. The van der Waals surface area contributed by atoms with Gasteiger partial charge >= 0.3 is 0 Å². The second kappa shape index (κ2) is 5.83. The number of rotatable bonds is 3. The molecule has 2 aromatic rings. The second-order valence-corrected chi connectivity index (χ2v) is 4.30. The van der Waals surface area contributed by atoms with Gasteiger partial charge in [-0.25, -0.2) is 0 Å². The monoisotopic (exact) mass is 250 g/mol. The smallest absolute Gasteiger partial charge is 0.238 e. The Kier molecular flexibility index (Phi) is 3.94. The van der Waals surface area contributed by atoms with Crippen LogP contribution in [0.3, 0.4) is 0 Å². The van der Waals surface area contributed by atoms with Gasteiger partial charge in [0, 0.05) is 11.3 Å². The average Bonchev–Trinajstić information content (AvgIpc) is 2.39. The highest BCUT2D eigenvalue weighted by molar-refractivity contribution is 5.96. The number of hydrogen-bond donors (Lipinski definition) is 1. The summed E-state index contributed by atoms with van der Waals surface area (Å²) < 4.78 is 0. The van der Waals surface area contributed by atoms with Gasteiger partial charge in [-0.2, -0.15) is 5.26 Å². The van der Waals surface area contributed by atoms with Crippen LogP contribution in [0, 0.1) is 18.3 Å². The topological polar surface area (TPSA) is 52.9 Å². The molecule has 2 rings (SSSR count). The number of anilines is 1. The molecule has 0 heterocycles. The van der Waals surface area contributed by atoms with Crippen molar-refractivity contribution in [3.05, 3.63) is 54.1 Å². The van der Waals surface area contributed by atoms with Gasteiger partial charge in [0.2, 0.25) is 5.91 Å². The third-order valence-corrected chi connectivity index (χ3v) is 2.77. The number of amides is 1. The van der Waals surface area contributed by atoms with Crippen molar-refractivity contribution >= 4 is 11.6 Å². The molecular formula is C16H14N2O. The van der Waals surface area contributed by atoms with E-state index >= 15 is 0 Å². The molecule has 0 saturated carbocycles. The van der Waals surface area contributed by atoms with Crippen LogP contribution in [0.25, 0.3) is 11.1 Å². The maximum absolute atomic E-state index is 11.5. The Morgan fingerprint density at radius 3 is 2.74 bits per heavy atom. The standard InChI is InChI=1S/C16H14N2O/c1-12-5-4-6-13(11-12)14-7-2-3-8-15(14)18-16(19)9-10-17/h2-8,11H,9H2,1H3,(H,18,19). The SMILES string of the molecule is Cc1cccc(-c2ccccc2NC(=O)CC#N)c1. The van der Waals surface area contributed by atoms with Crippen LogP contribution in [0.4, 0.5) is 5.69 Å². The largest absolute Gasteiger partial charge is 0.325 e. The van der Waals surface area contributed by atoms with E-state index in [2.05, 4.69) is 11.4 Å². The molecule has 0 bridgehead atoms. The lowest BCUT2D eigenvalue weighted by Gasteiger charge is -2.10. The fourth-order valence-corrected chi connectivity index (χ4v) is 1.92. The molecule has 0 saturated heterocycles. The summed E-state index contributed by atoms with van der Waals surface area (Å²) in [7, 11) is 0. The molecule has 0 spiro atoms. The van der Waals surface area contributed by atoms with E-state index in [-0.39, 0.29) is 12.3 Å². The number of benzene rings is 2. The third-order valence-electron chi connectivity index (χ3n) is 2.77. The summed E-state index contributed by atoms with van der Waals surface area (Å²) in [5, 5.41) is 11.3. The van der Waals surface area contributed by atoms with Crippen molar-refractivity contribution in [2.75, 3.05) is 5.32 Å². The Balaban J connectivity index is 2.36. The van der Waals surface area contributed by atoms with Crippen LogP contribution in [-0.4, -0.2) is 5.91 Å². The fraction of sp³-hybridized carbons (Fsp3) is 0.125. The average molecular weight is 250 g/mol. The quantitative estimate of drug-likeness (QED) is 0.906. The highest BCUT2D eigenvalue weighted by Crippen LogP contribution is 2.28.